The molecule has 0 saturated heterocycles. The first-order valence-electron chi connectivity index (χ1n) is 5.91. The van der Waals surface area contributed by atoms with E-state index in [0.717, 1.165) is 0 Å². The highest BCUT2D eigenvalue weighted by atomic mass is 16.2. The molecule has 0 radical (unpaired) electrons. The molecule has 2 N–H and O–H groups in total. The van der Waals surface area contributed by atoms with Crippen molar-refractivity contribution in [3.63, 3.8) is 0 Å². The Morgan fingerprint density at radius 1 is 1.30 bits per heavy atom. The van der Waals surface area contributed by atoms with Crippen LogP contribution >= 0.6 is 0 Å². The molecule has 6 heteroatoms. The zero-order valence-electron chi connectivity index (χ0n) is 10.6. The van der Waals surface area contributed by atoms with Gasteiger partial charge in [-0.05, 0) is 24.3 Å². The molecule has 0 spiro atoms. The molecule has 2 aromatic rings. The van der Waals surface area contributed by atoms with Gasteiger partial charge >= 0.3 is 0 Å². The number of aliphatic hydroxyl groups is 1. The lowest BCUT2D eigenvalue weighted by Gasteiger charge is -2.05. The predicted molar refractivity (Wildman–Crippen MR) is 71.4 cm³/mol. The van der Waals surface area contributed by atoms with E-state index < -0.39 is 0 Å². The van der Waals surface area contributed by atoms with Gasteiger partial charge in [0.05, 0.1) is 17.8 Å². The van der Waals surface area contributed by atoms with E-state index in [4.69, 9.17) is 5.11 Å². The first-order valence-corrected chi connectivity index (χ1v) is 5.91. The number of pyridine rings is 1. The standard InChI is InChI=1S/C14H12N4O2/c19-9-3-5-11-4-1-7-15-13(11)14(20)16-10-12-6-2-8-17-18-12/h1-2,4,6-8,19H,9-10H2,(H,16,20). The summed E-state index contributed by atoms with van der Waals surface area (Å²) in [5.41, 5.74) is 1.34. The third-order valence-electron chi connectivity index (χ3n) is 2.38. The number of amides is 1. The van der Waals surface area contributed by atoms with Crippen LogP contribution in [0.2, 0.25) is 0 Å². The van der Waals surface area contributed by atoms with Crippen LogP contribution in [0.5, 0.6) is 0 Å². The number of rotatable bonds is 3. The van der Waals surface area contributed by atoms with Crippen LogP contribution in [0.1, 0.15) is 21.7 Å². The van der Waals surface area contributed by atoms with E-state index in [1.807, 2.05) is 0 Å². The number of nitrogens with one attached hydrogen (secondary N) is 1. The van der Waals surface area contributed by atoms with Crippen LogP contribution < -0.4 is 5.32 Å². The molecule has 100 valence electrons. The van der Waals surface area contributed by atoms with Crippen molar-refractivity contribution in [2.24, 2.45) is 0 Å². The van der Waals surface area contributed by atoms with Gasteiger partial charge in [0.25, 0.3) is 5.91 Å². The molecule has 0 aliphatic heterocycles. The molecule has 20 heavy (non-hydrogen) atoms. The topological polar surface area (TPSA) is 88.0 Å². The molecule has 1 amide bonds. The van der Waals surface area contributed by atoms with Crippen molar-refractivity contribution in [3.05, 3.63) is 53.6 Å². The van der Waals surface area contributed by atoms with Gasteiger partial charge in [-0.25, -0.2) is 4.98 Å². The smallest absolute Gasteiger partial charge is 0.271 e. The molecule has 2 heterocycles. The average Bonchev–Trinajstić information content (AvgIpc) is 2.52. The number of hydrogen-bond acceptors (Lipinski definition) is 5. The minimum Gasteiger partial charge on any atom is -0.384 e. The second-order valence-corrected chi connectivity index (χ2v) is 3.76. The fourth-order valence-electron chi connectivity index (χ4n) is 1.50. The summed E-state index contributed by atoms with van der Waals surface area (Å²) in [7, 11) is 0. The van der Waals surface area contributed by atoms with Crippen LogP contribution in [0, 0.1) is 11.8 Å². The first-order chi connectivity index (χ1) is 9.81. The maximum atomic E-state index is 12.0. The van der Waals surface area contributed by atoms with Crippen molar-refractivity contribution in [1.82, 2.24) is 20.5 Å². The Labute approximate surface area is 115 Å². The van der Waals surface area contributed by atoms with Crippen molar-refractivity contribution >= 4 is 5.91 Å². The monoisotopic (exact) mass is 268 g/mol. The number of carbonyl (C=O) groups excluding carboxylic acids is 1. The Balaban J connectivity index is 2.09. The molecular weight excluding hydrogens is 256 g/mol. The van der Waals surface area contributed by atoms with E-state index in [1.165, 1.54) is 6.20 Å². The Kier molecular flexibility index (Phi) is 4.76. The third kappa shape index (κ3) is 3.60. The second kappa shape index (κ2) is 6.97. The van der Waals surface area contributed by atoms with E-state index in [1.54, 1.807) is 30.5 Å². The summed E-state index contributed by atoms with van der Waals surface area (Å²) < 4.78 is 0. The molecule has 2 aromatic heterocycles. The highest BCUT2D eigenvalue weighted by Crippen LogP contribution is 2.04. The largest absolute Gasteiger partial charge is 0.384 e. The summed E-state index contributed by atoms with van der Waals surface area (Å²) in [4.78, 5) is 16.1. The summed E-state index contributed by atoms with van der Waals surface area (Å²) in [6, 6.07) is 6.86. The van der Waals surface area contributed by atoms with E-state index in [0.29, 0.717) is 11.3 Å². The molecule has 0 saturated carbocycles. The molecule has 0 aliphatic carbocycles. The lowest BCUT2D eigenvalue weighted by atomic mass is 10.2. The van der Waals surface area contributed by atoms with Crippen LogP contribution in [-0.2, 0) is 6.54 Å². The summed E-state index contributed by atoms with van der Waals surface area (Å²) >= 11 is 0. The SMILES string of the molecule is O=C(NCc1cccnn1)c1ncccc1C#CCO. The zero-order valence-corrected chi connectivity index (χ0v) is 10.6. The van der Waals surface area contributed by atoms with Crippen LogP contribution in [0.15, 0.2) is 36.7 Å². The van der Waals surface area contributed by atoms with Crippen molar-refractivity contribution in [1.29, 1.82) is 0 Å². The van der Waals surface area contributed by atoms with E-state index >= 15 is 0 Å². The predicted octanol–water partition coefficient (Wildman–Crippen LogP) is 0.145. The minimum absolute atomic E-state index is 0.220. The van der Waals surface area contributed by atoms with Gasteiger partial charge in [0.2, 0.25) is 0 Å². The van der Waals surface area contributed by atoms with Gasteiger partial charge in [-0.2, -0.15) is 10.2 Å². The highest BCUT2D eigenvalue weighted by Gasteiger charge is 2.11. The average molecular weight is 268 g/mol. The van der Waals surface area contributed by atoms with E-state index in [9.17, 15) is 4.79 Å². The lowest BCUT2D eigenvalue weighted by molar-refractivity contribution is 0.0945. The summed E-state index contributed by atoms with van der Waals surface area (Å²) in [6.45, 7) is -0.00826. The van der Waals surface area contributed by atoms with Crippen molar-refractivity contribution in [2.75, 3.05) is 6.61 Å². The van der Waals surface area contributed by atoms with Gasteiger partial charge in [-0.15, -0.1) is 0 Å². The molecule has 6 nitrogen and oxygen atoms in total. The molecular formula is C14H12N4O2. The minimum atomic E-state index is -0.349. The maximum Gasteiger partial charge on any atom is 0.271 e. The maximum absolute atomic E-state index is 12.0. The van der Waals surface area contributed by atoms with Gasteiger partial charge < -0.3 is 10.4 Å². The lowest BCUT2D eigenvalue weighted by Crippen LogP contribution is -2.25. The number of nitrogens with zero attached hydrogens (tertiary/aromatic N) is 3. The van der Waals surface area contributed by atoms with Crippen LogP contribution in [0.3, 0.4) is 0 Å². The molecule has 0 aromatic carbocycles. The van der Waals surface area contributed by atoms with E-state index in [2.05, 4.69) is 32.3 Å². The van der Waals surface area contributed by atoms with Crippen molar-refractivity contribution in [3.8, 4) is 11.8 Å². The second-order valence-electron chi connectivity index (χ2n) is 3.76. The summed E-state index contributed by atoms with van der Waals surface area (Å²) in [5.74, 6) is 4.84. The van der Waals surface area contributed by atoms with Crippen molar-refractivity contribution < 1.29 is 9.90 Å². The molecule has 2 rings (SSSR count). The molecule has 0 aliphatic rings. The Morgan fingerprint density at radius 2 is 2.15 bits per heavy atom. The van der Waals surface area contributed by atoms with Gasteiger partial charge in [0, 0.05) is 12.4 Å². The first kappa shape index (κ1) is 13.6. The Morgan fingerprint density at radius 3 is 2.90 bits per heavy atom. The zero-order chi connectivity index (χ0) is 14.2. The molecule has 0 fully saturated rings. The van der Waals surface area contributed by atoms with Crippen LogP contribution in [0.25, 0.3) is 0 Å². The molecule has 0 unspecified atom stereocenters. The Bertz CT molecular complexity index is 647. The third-order valence-corrected chi connectivity index (χ3v) is 2.38. The molecule has 0 bridgehead atoms. The van der Waals surface area contributed by atoms with Gasteiger partial charge in [0.15, 0.2) is 0 Å². The van der Waals surface area contributed by atoms with E-state index in [-0.39, 0.29) is 24.8 Å². The van der Waals surface area contributed by atoms with Gasteiger partial charge in [0.1, 0.15) is 12.3 Å². The number of aliphatic hydroxyl groups excluding tert-OH is 1. The summed E-state index contributed by atoms with van der Waals surface area (Å²) in [6.07, 6.45) is 3.08. The fraction of sp³-hybridized carbons (Fsp3) is 0.143. The van der Waals surface area contributed by atoms with Gasteiger partial charge in [-0.1, -0.05) is 11.8 Å². The van der Waals surface area contributed by atoms with Gasteiger partial charge in [-0.3, -0.25) is 4.79 Å². The fourth-order valence-corrected chi connectivity index (χ4v) is 1.50. The van der Waals surface area contributed by atoms with Crippen LogP contribution in [0.4, 0.5) is 0 Å². The van der Waals surface area contributed by atoms with Crippen molar-refractivity contribution in [2.45, 2.75) is 6.54 Å². The highest BCUT2D eigenvalue weighted by molar-refractivity contribution is 5.94. The summed E-state index contributed by atoms with van der Waals surface area (Å²) in [5, 5.41) is 19.0. The van der Waals surface area contributed by atoms with Crippen LogP contribution in [-0.4, -0.2) is 32.8 Å². The number of aromatic nitrogens is 3. The molecule has 0 atom stereocenters. The number of hydrogen-bond donors (Lipinski definition) is 2. The Hall–Kier alpha value is -2.78. The normalized spacial score (nSPS) is 9.45. The quantitative estimate of drug-likeness (QED) is 0.773. The number of carbonyl (C=O) groups is 1.